The molecule has 0 amide bonds. The highest BCUT2D eigenvalue weighted by molar-refractivity contribution is 5.71. The predicted octanol–water partition coefficient (Wildman–Crippen LogP) is 21.1. The Kier molecular flexibility index (Phi) is 58.3. The maximum absolute atomic E-state index is 12.9. The Morgan fingerprint density at radius 2 is 0.562 bits per heavy atom. The summed E-state index contributed by atoms with van der Waals surface area (Å²) in [7, 11) is 0. The second kappa shape index (κ2) is 61.1. The van der Waals surface area contributed by atoms with Gasteiger partial charge in [-0.2, -0.15) is 0 Å². The van der Waals surface area contributed by atoms with Gasteiger partial charge in [-0.25, -0.2) is 0 Å². The van der Waals surface area contributed by atoms with E-state index in [9.17, 15) is 14.4 Å². The first-order chi connectivity index (χ1) is 36.0. The highest BCUT2D eigenvalue weighted by Crippen LogP contribution is 2.17. The lowest BCUT2D eigenvalue weighted by molar-refractivity contribution is -0.166. The summed E-state index contributed by atoms with van der Waals surface area (Å²) in [4.78, 5) is 38.2. The summed E-state index contributed by atoms with van der Waals surface area (Å²) >= 11 is 0. The highest BCUT2D eigenvalue weighted by atomic mass is 16.6. The van der Waals surface area contributed by atoms with Crippen LogP contribution in [0, 0.1) is 0 Å². The van der Waals surface area contributed by atoms with E-state index in [0.717, 1.165) is 89.9 Å². The number of carbonyl (C=O) groups is 3. The third kappa shape index (κ3) is 59.3. The van der Waals surface area contributed by atoms with E-state index in [2.05, 4.69) is 99.8 Å². The number of rotatable bonds is 56. The van der Waals surface area contributed by atoms with Gasteiger partial charge in [0.1, 0.15) is 13.2 Å². The fourth-order valence-corrected chi connectivity index (χ4v) is 8.76. The van der Waals surface area contributed by atoms with E-state index >= 15 is 0 Å². The molecule has 0 aliphatic heterocycles. The van der Waals surface area contributed by atoms with Crippen molar-refractivity contribution < 1.29 is 28.6 Å². The first-order valence-corrected chi connectivity index (χ1v) is 31.1. The Labute approximate surface area is 452 Å². The number of hydrogen-bond acceptors (Lipinski definition) is 6. The molecule has 0 bridgehead atoms. The molecule has 0 aromatic carbocycles. The van der Waals surface area contributed by atoms with E-state index in [0.29, 0.717) is 19.3 Å². The minimum absolute atomic E-state index is 0.107. The zero-order valence-electron chi connectivity index (χ0n) is 48.1. The highest BCUT2D eigenvalue weighted by Gasteiger charge is 2.19. The van der Waals surface area contributed by atoms with Crippen LogP contribution in [0.15, 0.2) is 85.1 Å². The van der Waals surface area contributed by atoms with Crippen molar-refractivity contribution >= 4 is 17.9 Å². The lowest BCUT2D eigenvalue weighted by Crippen LogP contribution is -2.30. The third-order valence-corrected chi connectivity index (χ3v) is 13.4. The summed E-state index contributed by atoms with van der Waals surface area (Å²) < 4.78 is 16.8. The van der Waals surface area contributed by atoms with Gasteiger partial charge in [0.25, 0.3) is 0 Å². The fraction of sp³-hybridized carbons (Fsp3) is 0.746. The summed E-state index contributed by atoms with van der Waals surface area (Å²) in [5.74, 6) is -0.989. The van der Waals surface area contributed by atoms with E-state index in [4.69, 9.17) is 14.2 Å². The van der Waals surface area contributed by atoms with Crippen molar-refractivity contribution in [1.29, 1.82) is 0 Å². The van der Waals surface area contributed by atoms with Gasteiger partial charge in [-0.1, -0.05) is 286 Å². The van der Waals surface area contributed by atoms with Gasteiger partial charge in [-0.3, -0.25) is 14.4 Å². The van der Waals surface area contributed by atoms with Crippen LogP contribution in [0.2, 0.25) is 0 Å². The van der Waals surface area contributed by atoms with E-state index in [1.54, 1.807) is 0 Å². The second-order valence-corrected chi connectivity index (χ2v) is 20.6. The molecular formula is C67H116O6. The number of carbonyl (C=O) groups excluding carboxylic acids is 3. The Morgan fingerprint density at radius 3 is 0.890 bits per heavy atom. The molecule has 0 aromatic rings. The SMILES string of the molecule is CC/C=C\C/C=C\C/C=C\C/C=C\C/C=C\C/C=C\CCC(=O)O[C@H](COC(=O)CCCCCCC/C=C\CCCCCCCC)COC(=O)CCCCCCCCCCCCCCCCCCCCCCC. The molecule has 0 aliphatic rings. The van der Waals surface area contributed by atoms with Crippen LogP contribution >= 0.6 is 0 Å². The lowest BCUT2D eigenvalue weighted by atomic mass is 10.0. The van der Waals surface area contributed by atoms with E-state index < -0.39 is 12.1 Å². The number of hydrogen-bond donors (Lipinski definition) is 0. The topological polar surface area (TPSA) is 78.9 Å². The van der Waals surface area contributed by atoms with Crippen molar-refractivity contribution in [1.82, 2.24) is 0 Å². The van der Waals surface area contributed by atoms with Crippen LogP contribution in [-0.4, -0.2) is 37.2 Å². The zero-order chi connectivity index (χ0) is 52.9. The van der Waals surface area contributed by atoms with E-state index in [1.807, 2.05) is 6.08 Å². The van der Waals surface area contributed by atoms with Crippen molar-refractivity contribution in [3.8, 4) is 0 Å². The summed E-state index contributed by atoms with van der Waals surface area (Å²) in [6.07, 6.45) is 80.3. The molecule has 0 radical (unpaired) electrons. The quantitative estimate of drug-likeness (QED) is 0.0261. The maximum atomic E-state index is 12.9. The molecule has 73 heavy (non-hydrogen) atoms. The van der Waals surface area contributed by atoms with Gasteiger partial charge < -0.3 is 14.2 Å². The summed E-state index contributed by atoms with van der Waals surface area (Å²) in [5, 5.41) is 0. The molecule has 0 aliphatic carbocycles. The molecule has 1 atom stereocenters. The molecule has 0 rings (SSSR count). The van der Waals surface area contributed by atoms with Crippen molar-refractivity contribution in [2.45, 2.75) is 309 Å². The van der Waals surface area contributed by atoms with E-state index in [-0.39, 0.29) is 31.6 Å². The Morgan fingerprint density at radius 1 is 0.288 bits per heavy atom. The Hall–Kier alpha value is -3.41. The molecule has 0 saturated carbocycles. The average molecular weight is 1020 g/mol. The Bertz CT molecular complexity index is 1400. The lowest BCUT2D eigenvalue weighted by Gasteiger charge is -2.18. The normalized spacial score (nSPS) is 12.6. The van der Waals surface area contributed by atoms with Crippen LogP contribution in [0.1, 0.15) is 303 Å². The second-order valence-electron chi connectivity index (χ2n) is 20.6. The molecule has 0 unspecified atom stereocenters. The van der Waals surface area contributed by atoms with Gasteiger partial charge in [0, 0.05) is 19.3 Å². The number of unbranched alkanes of at least 4 members (excludes halogenated alkanes) is 31. The van der Waals surface area contributed by atoms with Crippen molar-refractivity contribution in [3.05, 3.63) is 85.1 Å². The van der Waals surface area contributed by atoms with Gasteiger partial charge in [-0.05, 0) is 83.5 Å². The average Bonchev–Trinajstić information content (AvgIpc) is 3.39. The smallest absolute Gasteiger partial charge is 0.306 e. The summed E-state index contributed by atoms with van der Waals surface area (Å²) in [5.41, 5.74) is 0. The minimum Gasteiger partial charge on any atom is -0.462 e. The van der Waals surface area contributed by atoms with Crippen molar-refractivity contribution in [3.63, 3.8) is 0 Å². The number of esters is 3. The number of allylic oxidation sites excluding steroid dienone is 14. The molecule has 0 aromatic heterocycles. The minimum atomic E-state index is -0.820. The summed E-state index contributed by atoms with van der Waals surface area (Å²) in [6.45, 7) is 6.49. The molecular weight excluding hydrogens is 901 g/mol. The predicted molar refractivity (Wildman–Crippen MR) is 316 cm³/mol. The van der Waals surface area contributed by atoms with Crippen LogP contribution in [0.25, 0.3) is 0 Å². The van der Waals surface area contributed by atoms with Crippen molar-refractivity contribution in [2.24, 2.45) is 0 Å². The van der Waals surface area contributed by atoms with Gasteiger partial charge in [0.05, 0.1) is 0 Å². The molecule has 6 nitrogen and oxygen atoms in total. The van der Waals surface area contributed by atoms with Crippen LogP contribution in [0.3, 0.4) is 0 Å². The molecule has 0 fully saturated rings. The van der Waals surface area contributed by atoms with Crippen LogP contribution < -0.4 is 0 Å². The molecule has 0 saturated heterocycles. The van der Waals surface area contributed by atoms with Gasteiger partial charge in [0.2, 0.25) is 0 Å². The molecule has 6 heteroatoms. The number of ether oxygens (including phenoxy) is 3. The first kappa shape index (κ1) is 69.6. The Balaban J connectivity index is 4.45. The standard InChI is InChI=1S/C67H116O6/c1-4-7-10-13-16-19-22-25-28-30-32-33-35-36-39-42-45-48-51-54-57-60-66(69)72-63-64(62-71-65(68)59-56-53-50-47-44-41-38-27-24-21-18-15-12-9-6-3)73-67(70)61-58-55-52-49-46-43-40-37-34-31-29-26-23-20-17-14-11-8-5-2/h8,11,17,20,26-27,29,34,37-38,43,46,52,55,64H,4-7,9-10,12-16,18-19,21-25,28,30-33,35-36,39-42,44-45,47-51,53-54,56-63H2,1-3H3/b11-8-,20-17-,29-26-,37-34-,38-27-,46-43-,55-52-/t64-/m1/s1. The fourth-order valence-electron chi connectivity index (χ4n) is 8.76. The molecule has 0 N–H and O–H groups in total. The van der Waals surface area contributed by atoms with Crippen LogP contribution in [-0.2, 0) is 28.6 Å². The first-order valence-electron chi connectivity index (χ1n) is 31.1. The van der Waals surface area contributed by atoms with Crippen molar-refractivity contribution in [2.75, 3.05) is 13.2 Å². The maximum Gasteiger partial charge on any atom is 0.306 e. The monoisotopic (exact) mass is 1020 g/mol. The van der Waals surface area contributed by atoms with Crippen LogP contribution in [0.5, 0.6) is 0 Å². The zero-order valence-corrected chi connectivity index (χ0v) is 48.1. The van der Waals surface area contributed by atoms with E-state index in [1.165, 1.54) is 167 Å². The third-order valence-electron chi connectivity index (χ3n) is 13.4. The van der Waals surface area contributed by atoms with Crippen LogP contribution in [0.4, 0.5) is 0 Å². The molecule has 0 spiro atoms. The van der Waals surface area contributed by atoms with Gasteiger partial charge in [0.15, 0.2) is 6.10 Å². The summed E-state index contributed by atoms with van der Waals surface area (Å²) in [6, 6.07) is 0. The molecule has 0 heterocycles. The van der Waals surface area contributed by atoms with Gasteiger partial charge >= 0.3 is 17.9 Å². The van der Waals surface area contributed by atoms with Gasteiger partial charge in [-0.15, -0.1) is 0 Å². The largest absolute Gasteiger partial charge is 0.462 e. The molecule has 420 valence electrons.